The number of hydrogen-bond acceptors (Lipinski definition) is 3. The maximum Gasteiger partial charge on any atom is 0.280 e. The predicted octanol–water partition coefficient (Wildman–Crippen LogP) is 2.44. The number of likely N-dealkylation sites (tertiary alicyclic amines) is 1. The zero-order valence-corrected chi connectivity index (χ0v) is 13.7. The van der Waals surface area contributed by atoms with Gasteiger partial charge in [0.15, 0.2) is 0 Å². The Morgan fingerprint density at radius 2 is 2.25 bits per heavy atom. The van der Waals surface area contributed by atoms with Gasteiger partial charge >= 0.3 is 0 Å². The number of aryl methyl sites for hydroxylation is 2. The van der Waals surface area contributed by atoms with Gasteiger partial charge in [-0.3, -0.25) is 9.59 Å². The number of H-pyrrole nitrogens is 1. The number of benzene rings is 1. The first-order valence-electron chi connectivity index (χ1n) is 8.21. The first-order chi connectivity index (χ1) is 11.5. The van der Waals surface area contributed by atoms with Crippen molar-refractivity contribution < 1.29 is 13.7 Å². The number of hydrogen-bond donors (Lipinski definition) is 1. The van der Waals surface area contributed by atoms with Gasteiger partial charge in [-0.15, -0.1) is 0 Å². The Hall–Kier alpha value is -2.37. The number of amides is 1. The number of aromatic nitrogens is 1. The van der Waals surface area contributed by atoms with Gasteiger partial charge in [-0.25, -0.2) is 4.39 Å². The van der Waals surface area contributed by atoms with E-state index in [2.05, 4.69) is 5.16 Å². The summed E-state index contributed by atoms with van der Waals surface area (Å²) in [5.41, 5.74) is 1.34. The molecule has 1 fully saturated rings. The Balaban J connectivity index is 1.50. The van der Waals surface area contributed by atoms with Crippen molar-refractivity contribution in [2.24, 2.45) is 5.92 Å². The number of nitrogens with zero attached hydrogens (tertiary/aromatic N) is 1. The molecule has 128 valence electrons. The topological polar surface area (TPSA) is 66.3 Å². The fourth-order valence-corrected chi connectivity index (χ4v) is 3.15. The van der Waals surface area contributed by atoms with E-state index in [-0.39, 0.29) is 17.3 Å². The van der Waals surface area contributed by atoms with Gasteiger partial charge in [0, 0.05) is 32.0 Å². The molecule has 5 nitrogen and oxygen atoms in total. The van der Waals surface area contributed by atoms with E-state index in [1.54, 1.807) is 19.1 Å². The Morgan fingerprint density at radius 3 is 2.96 bits per heavy atom. The predicted molar refractivity (Wildman–Crippen MR) is 87.2 cm³/mol. The van der Waals surface area contributed by atoms with E-state index in [0.29, 0.717) is 36.6 Å². The Morgan fingerprint density at radius 1 is 1.42 bits per heavy atom. The molecule has 0 aliphatic carbocycles. The van der Waals surface area contributed by atoms with Crippen molar-refractivity contribution >= 4 is 5.91 Å². The molecule has 3 rings (SSSR count). The molecule has 1 atom stereocenters. The molecule has 24 heavy (non-hydrogen) atoms. The maximum atomic E-state index is 13.6. The lowest BCUT2D eigenvalue weighted by atomic mass is 9.98. The molecule has 0 bridgehead atoms. The number of halogens is 1. The minimum atomic E-state index is -0.288. The van der Waals surface area contributed by atoms with Gasteiger partial charge in [0.1, 0.15) is 11.6 Å². The van der Waals surface area contributed by atoms with Crippen LogP contribution >= 0.6 is 0 Å². The molecule has 2 heterocycles. The number of rotatable bonds is 5. The van der Waals surface area contributed by atoms with E-state index < -0.39 is 0 Å². The largest absolute Gasteiger partial charge is 0.384 e. The molecule has 1 saturated heterocycles. The van der Waals surface area contributed by atoms with Crippen LogP contribution in [0.5, 0.6) is 0 Å². The molecule has 0 spiro atoms. The number of carbonyl (C=O) groups is 1. The molecule has 1 N–H and O–H groups in total. The molecule has 0 radical (unpaired) electrons. The number of carbonyl (C=O) groups excluding carboxylic acids is 1. The van der Waals surface area contributed by atoms with Gasteiger partial charge < -0.3 is 9.42 Å². The summed E-state index contributed by atoms with van der Waals surface area (Å²) in [7, 11) is 0. The highest BCUT2D eigenvalue weighted by atomic mass is 19.1. The van der Waals surface area contributed by atoms with Gasteiger partial charge in [0.05, 0.1) is 0 Å². The lowest BCUT2D eigenvalue weighted by molar-refractivity contribution is -0.130. The third kappa shape index (κ3) is 3.93. The van der Waals surface area contributed by atoms with Gasteiger partial charge in [-0.1, -0.05) is 12.1 Å². The molecule has 2 aromatic rings. The lowest BCUT2D eigenvalue weighted by Crippen LogP contribution is -2.29. The van der Waals surface area contributed by atoms with Crippen molar-refractivity contribution in [2.45, 2.75) is 32.6 Å². The van der Waals surface area contributed by atoms with Crippen LogP contribution in [0.4, 0.5) is 4.39 Å². The van der Waals surface area contributed by atoms with Crippen LogP contribution in [-0.4, -0.2) is 29.1 Å². The first-order valence-corrected chi connectivity index (χ1v) is 8.21. The van der Waals surface area contributed by atoms with Crippen molar-refractivity contribution in [3.8, 4) is 0 Å². The van der Waals surface area contributed by atoms with Crippen molar-refractivity contribution in [3.63, 3.8) is 0 Å². The first kappa shape index (κ1) is 16.5. The number of aromatic amines is 1. The fraction of sp³-hybridized carbons (Fsp3) is 0.444. The highest BCUT2D eigenvalue weighted by Gasteiger charge is 2.26. The lowest BCUT2D eigenvalue weighted by Gasteiger charge is -2.16. The van der Waals surface area contributed by atoms with Crippen LogP contribution in [0.3, 0.4) is 0 Å². The van der Waals surface area contributed by atoms with E-state index in [1.165, 1.54) is 6.07 Å². The SMILES string of the molecule is Cc1ccc(CC2CCN(C(=O)CCc3cc(=O)[nH]o3)C2)cc1F. The van der Waals surface area contributed by atoms with Crippen LogP contribution in [0.15, 0.2) is 33.6 Å². The standard InChI is InChI=1S/C18H21FN2O3/c1-12-2-3-13(9-16(12)19)8-14-6-7-21(11-14)18(23)5-4-15-10-17(22)20-24-15/h2-3,9-10,14H,4-8,11H2,1H3,(H,20,22). The second-order valence-corrected chi connectivity index (χ2v) is 6.46. The van der Waals surface area contributed by atoms with Gasteiger partial charge in [-0.2, -0.15) is 5.16 Å². The molecule has 1 aliphatic heterocycles. The fourth-order valence-electron chi connectivity index (χ4n) is 3.15. The molecule has 1 aromatic carbocycles. The second-order valence-electron chi connectivity index (χ2n) is 6.46. The summed E-state index contributed by atoms with van der Waals surface area (Å²) in [6.45, 7) is 3.18. The Labute approximate surface area is 139 Å². The van der Waals surface area contributed by atoms with Crippen molar-refractivity contribution in [1.82, 2.24) is 10.1 Å². The number of nitrogens with one attached hydrogen (secondary N) is 1. The minimum absolute atomic E-state index is 0.0661. The van der Waals surface area contributed by atoms with E-state index in [9.17, 15) is 14.0 Å². The minimum Gasteiger partial charge on any atom is -0.384 e. The van der Waals surface area contributed by atoms with Crippen molar-refractivity contribution in [2.75, 3.05) is 13.1 Å². The summed E-state index contributed by atoms with van der Waals surface area (Å²) in [5.74, 6) is 0.753. The molecule has 0 saturated carbocycles. The summed E-state index contributed by atoms with van der Waals surface area (Å²) in [6, 6.07) is 6.71. The average Bonchev–Trinajstić information content (AvgIpc) is 3.18. The molecule has 1 amide bonds. The van der Waals surface area contributed by atoms with Crippen molar-refractivity contribution in [3.05, 3.63) is 57.3 Å². The van der Waals surface area contributed by atoms with Gasteiger partial charge in [0.2, 0.25) is 5.91 Å². The van der Waals surface area contributed by atoms with E-state index in [1.807, 2.05) is 11.0 Å². The monoisotopic (exact) mass is 332 g/mol. The highest BCUT2D eigenvalue weighted by Crippen LogP contribution is 2.22. The second kappa shape index (κ2) is 7.03. The summed E-state index contributed by atoms with van der Waals surface area (Å²) in [6.07, 6.45) is 2.46. The van der Waals surface area contributed by atoms with Crippen LogP contribution in [0.1, 0.15) is 29.7 Å². The third-order valence-electron chi connectivity index (χ3n) is 4.56. The molecule has 1 aromatic heterocycles. The van der Waals surface area contributed by atoms with E-state index in [4.69, 9.17) is 4.52 Å². The van der Waals surface area contributed by atoms with Crippen LogP contribution in [0.2, 0.25) is 0 Å². The molecular weight excluding hydrogens is 311 g/mol. The van der Waals surface area contributed by atoms with E-state index >= 15 is 0 Å². The molecule has 1 aliphatic rings. The Kier molecular flexibility index (Phi) is 4.83. The summed E-state index contributed by atoms with van der Waals surface area (Å²) >= 11 is 0. The summed E-state index contributed by atoms with van der Waals surface area (Å²) < 4.78 is 18.6. The van der Waals surface area contributed by atoms with Gasteiger partial charge in [-0.05, 0) is 42.9 Å². The van der Waals surface area contributed by atoms with Crippen molar-refractivity contribution in [1.29, 1.82) is 0 Å². The Bertz CT molecular complexity index is 781. The quantitative estimate of drug-likeness (QED) is 0.914. The van der Waals surface area contributed by atoms with E-state index in [0.717, 1.165) is 24.9 Å². The molecular formula is C18H21FN2O3. The maximum absolute atomic E-state index is 13.6. The normalized spacial score (nSPS) is 17.4. The summed E-state index contributed by atoms with van der Waals surface area (Å²) in [5, 5.41) is 2.22. The third-order valence-corrected chi connectivity index (χ3v) is 4.56. The van der Waals surface area contributed by atoms with Crippen LogP contribution in [0.25, 0.3) is 0 Å². The van der Waals surface area contributed by atoms with Gasteiger partial charge in [0.25, 0.3) is 5.56 Å². The smallest absolute Gasteiger partial charge is 0.280 e. The van der Waals surface area contributed by atoms with Crippen LogP contribution in [0, 0.1) is 18.7 Å². The highest BCUT2D eigenvalue weighted by molar-refractivity contribution is 5.76. The molecule has 1 unspecified atom stereocenters. The average molecular weight is 332 g/mol. The van der Waals surface area contributed by atoms with Crippen LogP contribution in [-0.2, 0) is 17.6 Å². The summed E-state index contributed by atoms with van der Waals surface area (Å²) in [4.78, 5) is 25.1. The zero-order chi connectivity index (χ0) is 17.1. The van der Waals surface area contributed by atoms with Crippen LogP contribution < -0.4 is 5.56 Å². The zero-order valence-electron chi connectivity index (χ0n) is 13.7. The molecule has 6 heteroatoms.